The van der Waals surface area contributed by atoms with Crippen molar-refractivity contribution in [1.82, 2.24) is 49.5 Å². The number of H-pyrrole nitrogens is 1. The van der Waals surface area contributed by atoms with Gasteiger partial charge in [-0.2, -0.15) is 0 Å². The van der Waals surface area contributed by atoms with Gasteiger partial charge in [0.1, 0.15) is 6.33 Å². The van der Waals surface area contributed by atoms with Gasteiger partial charge in [-0.3, -0.25) is 14.1 Å². The van der Waals surface area contributed by atoms with E-state index in [2.05, 4.69) is 56.6 Å². The number of aryl methyl sites for hydroxylation is 1. The van der Waals surface area contributed by atoms with Gasteiger partial charge in [0, 0.05) is 29.7 Å². The molecule has 4 heterocycles. The Balaban J connectivity index is 1.50. The molecule has 0 aliphatic rings. The smallest absolute Gasteiger partial charge is 0.296 e. The zero-order valence-electron chi connectivity index (χ0n) is 20.5. The van der Waals surface area contributed by atoms with Crippen molar-refractivity contribution < 1.29 is 0 Å². The number of nitrogens with zero attached hydrogens (tertiary/aromatic N) is 9. The lowest BCUT2D eigenvalue weighted by Gasteiger charge is -2.12. The van der Waals surface area contributed by atoms with Gasteiger partial charge in [0.05, 0.1) is 12.2 Å². The second kappa shape index (κ2) is 10.1. The molecule has 0 fully saturated rings. The maximum Gasteiger partial charge on any atom is 0.335 e. The summed E-state index contributed by atoms with van der Waals surface area (Å²) in [5.74, 6) is 1.14. The predicted octanol–water partition coefficient (Wildman–Crippen LogP) is 3.44. The first kappa shape index (κ1) is 23.3. The van der Waals surface area contributed by atoms with Crippen LogP contribution in [0.15, 0.2) is 59.9 Å². The van der Waals surface area contributed by atoms with Crippen LogP contribution in [0.2, 0.25) is 0 Å². The van der Waals surface area contributed by atoms with Crippen molar-refractivity contribution in [2.24, 2.45) is 0 Å². The summed E-state index contributed by atoms with van der Waals surface area (Å²) in [6, 6.07) is 12.1. The number of rotatable bonds is 9. The Morgan fingerprint density at radius 1 is 1.06 bits per heavy atom. The van der Waals surface area contributed by atoms with Crippen molar-refractivity contribution in [2.45, 2.75) is 52.6 Å². The third-order valence-electron chi connectivity index (χ3n) is 6.35. The number of imidazole rings is 1. The Hall–Kier alpha value is -4.41. The second-order valence-electron chi connectivity index (χ2n) is 8.77. The molecule has 5 aromatic rings. The third kappa shape index (κ3) is 4.47. The lowest BCUT2D eigenvalue weighted by molar-refractivity contribution is 0.516. The van der Waals surface area contributed by atoms with Gasteiger partial charge in [0.15, 0.2) is 5.82 Å². The normalized spacial score (nSPS) is 12.2. The van der Waals surface area contributed by atoms with Crippen LogP contribution in [-0.4, -0.2) is 49.5 Å². The molecule has 1 atom stereocenters. The van der Waals surface area contributed by atoms with Gasteiger partial charge in [-0.25, -0.2) is 14.5 Å². The molecule has 0 radical (unpaired) electrons. The van der Waals surface area contributed by atoms with Crippen molar-refractivity contribution in [1.29, 1.82) is 0 Å². The summed E-state index contributed by atoms with van der Waals surface area (Å²) >= 11 is 0. The van der Waals surface area contributed by atoms with Crippen LogP contribution in [0.1, 0.15) is 51.0 Å². The maximum absolute atomic E-state index is 13.6. The molecule has 4 aromatic heterocycles. The topological polar surface area (TPSA) is 125 Å². The molecule has 11 heteroatoms. The van der Waals surface area contributed by atoms with Crippen molar-refractivity contribution in [3.63, 3.8) is 0 Å². The standard InChI is InChI=1S/C25H28N10O/c1-4-7-22-15-34(24-30-27-16-35(24)17(3)5-2)25(36)33(22)14-21-13-19(10-11-26-21)18-8-6-9-20(12-18)23-28-31-32-29-23/h6,8-13,15-17H,4-5,7,14H2,1-3H3,(H,28,29,31,32). The van der Waals surface area contributed by atoms with Crippen LogP contribution in [0.25, 0.3) is 28.5 Å². The molecule has 184 valence electrons. The molecule has 11 nitrogen and oxygen atoms in total. The lowest BCUT2D eigenvalue weighted by Crippen LogP contribution is -2.27. The van der Waals surface area contributed by atoms with E-state index in [-0.39, 0.29) is 11.7 Å². The minimum atomic E-state index is -0.150. The van der Waals surface area contributed by atoms with E-state index in [0.717, 1.165) is 47.3 Å². The van der Waals surface area contributed by atoms with E-state index in [0.29, 0.717) is 18.3 Å². The van der Waals surface area contributed by atoms with Gasteiger partial charge in [0.2, 0.25) is 5.95 Å². The van der Waals surface area contributed by atoms with Crippen molar-refractivity contribution in [3.8, 4) is 28.5 Å². The zero-order valence-corrected chi connectivity index (χ0v) is 20.5. The number of hydrogen-bond donors (Lipinski definition) is 1. The summed E-state index contributed by atoms with van der Waals surface area (Å²) in [5, 5.41) is 22.4. The number of hydrogen-bond acceptors (Lipinski definition) is 7. The van der Waals surface area contributed by atoms with Gasteiger partial charge in [0.25, 0.3) is 0 Å². The van der Waals surface area contributed by atoms with Crippen molar-refractivity contribution >= 4 is 0 Å². The van der Waals surface area contributed by atoms with Crippen LogP contribution in [0.5, 0.6) is 0 Å². The second-order valence-corrected chi connectivity index (χ2v) is 8.77. The number of tetrazole rings is 1. The first-order valence-electron chi connectivity index (χ1n) is 12.1. The highest BCUT2D eigenvalue weighted by Gasteiger charge is 2.19. The van der Waals surface area contributed by atoms with E-state index in [1.165, 1.54) is 0 Å². The minimum absolute atomic E-state index is 0.150. The summed E-state index contributed by atoms with van der Waals surface area (Å²) in [6.45, 7) is 6.65. The van der Waals surface area contributed by atoms with E-state index in [4.69, 9.17) is 0 Å². The van der Waals surface area contributed by atoms with Crippen LogP contribution >= 0.6 is 0 Å². The Morgan fingerprint density at radius 3 is 2.67 bits per heavy atom. The van der Waals surface area contributed by atoms with Crippen LogP contribution < -0.4 is 5.69 Å². The SMILES string of the molecule is CCCc1cn(-c2nncn2C(C)CC)c(=O)n1Cc1cc(-c2cccc(-c3nnn[nH]3)c2)ccn1. The molecule has 1 aromatic carbocycles. The Labute approximate surface area is 207 Å². The summed E-state index contributed by atoms with van der Waals surface area (Å²) in [6.07, 6.45) is 7.93. The number of aromatic amines is 1. The van der Waals surface area contributed by atoms with Gasteiger partial charge in [-0.1, -0.05) is 38.5 Å². The van der Waals surface area contributed by atoms with Crippen molar-refractivity contribution in [3.05, 3.63) is 77.0 Å². The van der Waals surface area contributed by atoms with E-state index in [9.17, 15) is 4.79 Å². The highest BCUT2D eigenvalue weighted by molar-refractivity contribution is 5.70. The van der Waals surface area contributed by atoms with Gasteiger partial charge < -0.3 is 0 Å². The van der Waals surface area contributed by atoms with Crippen LogP contribution in [0.4, 0.5) is 0 Å². The Morgan fingerprint density at radius 2 is 1.89 bits per heavy atom. The Bertz CT molecular complexity index is 1510. The van der Waals surface area contributed by atoms with Gasteiger partial charge >= 0.3 is 5.69 Å². The fourth-order valence-corrected chi connectivity index (χ4v) is 4.25. The number of pyridine rings is 1. The molecule has 0 aliphatic heterocycles. The molecule has 0 saturated carbocycles. The summed E-state index contributed by atoms with van der Waals surface area (Å²) in [7, 11) is 0. The largest absolute Gasteiger partial charge is 0.335 e. The third-order valence-corrected chi connectivity index (χ3v) is 6.35. The number of nitrogens with one attached hydrogen (secondary N) is 1. The number of benzene rings is 1. The highest BCUT2D eigenvalue weighted by Crippen LogP contribution is 2.25. The fourth-order valence-electron chi connectivity index (χ4n) is 4.25. The quantitative estimate of drug-likeness (QED) is 0.340. The molecule has 1 unspecified atom stereocenters. The minimum Gasteiger partial charge on any atom is -0.296 e. The van der Waals surface area contributed by atoms with E-state index in [1.54, 1.807) is 21.7 Å². The molecule has 1 N–H and O–H groups in total. The van der Waals surface area contributed by atoms with E-state index < -0.39 is 0 Å². The molecule has 36 heavy (non-hydrogen) atoms. The van der Waals surface area contributed by atoms with Crippen LogP contribution in [0, 0.1) is 0 Å². The van der Waals surface area contributed by atoms with Crippen LogP contribution in [0.3, 0.4) is 0 Å². The van der Waals surface area contributed by atoms with Gasteiger partial charge in [-0.15, -0.1) is 15.3 Å². The maximum atomic E-state index is 13.6. The van der Waals surface area contributed by atoms with Gasteiger partial charge in [-0.05, 0) is 59.5 Å². The van der Waals surface area contributed by atoms with E-state index in [1.807, 2.05) is 47.2 Å². The Kier molecular flexibility index (Phi) is 6.52. The van der Waals surface area contributed by atoms with Crippen LogP contribution in [-0.2, 0) is 13.0 Å². The lowest BCUT2D eigenvalue weighted by atomic mass is 10.0. The van der Waals surface area contributed by atoms with Crippen molar-refractivity contribution in [2.75, 3.05) is 0 Å². The molecule has 0 bridgehead atoms. The summed E-state index contributed by atoms with van der Waals surface area (Å²) in [4.78, 5) is 18.1. The molecule has 5 rings (SSSR count). The fraction of sp³-hybridized carbons (Fsp3) is 0.320. The first-order valence-corrected chi connectivity index (χ1v) is 12.1. The zero-order chi connectivity index (χ0) is 25.1. The average Bonchev–Trinajstić information content (AvgIpc) is 3.67. The molecule has 0 aliphatic carbocycles. The highest BCUT2D eigenvalue weighted by atomic mass is 16.2. The molecule has 0 spiro atoms. The summed E-state index contributed by atoms with van der Waals surface area (Å²) < 4.78 is 5.32. The molecular formula is C25H28N10O. The average molecular weight is 485 g/mol. The monoisotopic (exact) mass is 484 g/mol. The molecule has 0 saturated heterocycles. The first-order chi connectivity index (χ1) is 17.6. The predicted molar refractivity (Wildman–Crippen MR) is 135 cm³/mol. The molecular weight excluding hydrogens is 456 g/mol. The number of aromatic nitrogens is 10. The van der Waals surface area contributed by atoms with E-state index >= 15 is 0 Å². The summed E-state index contributed by atoms with van der Waals surface area (Å²) in [5.41, 5.74) is 4.47. The molecule has 0 amide bonds.